The number of nitro groups is 1. The van der Waals surface area contributed by atoms with Crippen molar-refractivity contribution in [1.82, 2.24) is 4.31 Å². The number of halogens is 2. The van der Waals surface area contributed by atoms with Crippen LogP contribution >= 0.6 is 0 Å². The number of nitro benzene ring substituents is 1. The van der Waals surface area contributed by atoms with E-state index < -0.39 is 27.2 Å². The average molecular weight is 440 g/mol. The van der Waals surface area contributed by atoms with Gasteiger partial charge in [-0.3, -0.25) is 15.5 Å². The Morgan fingerprint density at radius 1 is 1.17 bits per heavy atom. The van der Waals surface area contributed by atoms with Gasteiger partial charge in [-0.2, -0.15) is 18.2 Å². The lowest BCUT2D eigenvalue weighted by Gasteiger charge is -2.15. The number of hydrogen-bond acceptors (Lipinski definition) is 7. The van der Waals surface area contributed by atoms with Gasteiger partial charge in [0.1, 0.15) is 11.4 Å². The molecule has 0 radical (unpaired) electrons. The number of ether oxygens (including phenoxy) is 1. The van der Waals surface area contributed by atoms with Crippen molar-refractivity contribution in [3.63, 3.8) is 0 Å². The second-order valence-electron chi connectivity index (χ2n) is 6.36. The van der Waals surface area contributed by atoms with Crippen molar-refractivity contribution < 1.29 is 26.9 Å². The Morgan fingerprint density at radius 3 is 2.43 bits per heavy atom. The third-order valence-electron chi connectivity index (χ3n) is 4.37. The number of sulfonamides is 1. The zero-order chi connectivity index (χ0) is 21.7. The largest absolute Gasteiger partial charge is 0.435 e. The molecule has 160 valence electrons. The highest BCUT2D eigenvalue weighted by atomic mass is 32.2. The number of benzene rings is 2. The first-order chi connectivity index (χ1) is 14.3. The molecule has 0 bridgehead atoms. The molecular formula is C18H18F2N4O5S. The molecule has 0 atom stereocenters. The van der Waals surface area contributed by atoms with Crippen molar-refractivity contribution in [2.45, 2.75) is 24.3 Å². The first-order valence-electron chi connectivity index (χ1n) is 8.90. The van der Waals surface area contributed by atoms with E-state index in [0.717, 1.165) is 18.9 Å². The summed E-state index contributed by atoms with van der Waals surface area (Å²) in [6.07, 6.45) is 2.83. The molecule has 1 saturated heterocycles. The van der Waals surface area contributed by atoms with Crippen LogP contribution in [0, 0.1) is 10.1 Å². The van der Waals surface area contributed by atoms with Crippen LogP contribution in [0.25, 0.3) is 0 Å². The van der Waals surface area contributed by atoms with E-state index in [2.05, 4.69) is 15.3 Å². The third-order valence-corrected chi connectivity index (χ3v) is 6.27. The van der Waals surface area contributed by atoms with E-state index in [4.69, 9.17) is 0 Å². The van der Waals surface area contributed by atoms with Crippen LogP contribution in [-0.2, 0) is 10.0 Å². The summed E-state index contributed by atoms with van der Waals surface area (Å²) in [5, 5.41) is 15.3. The molecule has 3 rings (SSSR count). The van der Waals surface area contributed by atoms with Gasteiger partial charge in [0.05, 0.1) is 16.0 Å². The molecule has 30 heavy (non-hydrogen) atoms. The van der Waals surface area contributed by atoms with Gasteiger partial charge in [-0.15, -0.1) is 0 Å². The maximum Gasteiger partial charge on any atom is 0.387 e. The second kappa shape index (κ2) is 9.13. The van der Waals surface area contributed by atoms with E-state index in [1.807, 2.05) is 0 Å². The number of anilines is 1. The van der Waals surface area contributed by atoms with Gasteiger partial charge in [0.25, 0.3) is 5.69 Å². The van der Waals surface area contributed by atoms with E-state index in [1.54, 1.807) is 0 Å². The van der Waals surface area contributed by atoms with Crippen LogP contribution in [0.2, 0.25) is 0 Å². The highest BCUT2D eigenvalue weighted by Gasteiger charge is 2.29. The van der Waals surface area contributed by atoms with Crippen molar-refractivity contribution in [1.29, 1.82) is 0 Å². The summed E-state index contributed by atoms with van der Waals surface area (Å²) in [7, 11) is -3.79. The molecule has 0 amide bonds. The van der Waals surface area contributed by atoms with Crippen LogP contribution in [-0.4, -0.2) is 43.6 Å². The molecule has 1 heterocycles. The molecule has 0 unspecified atom stereocenters. The van der Waals surface area contributed by atoms with Gasteiger partial charge < -0.3 is 4.74 Å². The highest BCUT2D eigenvalue weighted by molar-refractivity contribution is 7.89. The zero-order valence-electron chi connectivity index (χ0n) is 15.6. The maximum absolute atomic E-state index is 12.6. The maximum atomic E-state index is 12.6. The Hall–Kier alpha value is -3.12. The van der Waals surface area contributed by atoms with Gasteiger partial charge in [-0.1, -0.05) is 0 Å². The fraction of sp³-hybridized carbons (Fsp3) is 0.278. The lowest BCUT2D eigenvalue weighted by Crippen LogP contribution is -2.27. The lowest BCUT2D eigenvalue weighted by molar-refractivity contribution is -0.384. The van der Waals surface area contributed by atoms with Crippen molar-refractivity contribution in [3.05, 3.63) is 58.1 Å². The standard InChI is InChI=1S/C18H18F2N4O5S/c19-18(20)29-14-5-3-13(4-6-14)12-21-22-16-8-7-15(11-17(16)24(25)26)30(27,28)23-9-1-2-10-23/h3-8,11-12,18,22H,1-2,9-10H2/b21-12-. The number of alkyl halides is 2. The minimum Gasteiger partial charge on any atom is -0.435 e. The quantitative estimate of drug-likeness (QED) is 0.382. The number of nitrogens with zero attached hydrogens (tertiary/aromatic N) is 3. The topological polar surface area (TPSA) is 114 Å². The van der Waals surface area contributed by atoms with Crippen molar-refractivity contribution in [2.75, 3.05) is 18.5 Å². The fourth-order valence-electron chi connectivity index (χ4n) is 2.91. The Balaban J connectivity index is 1.76. The molecule has 2 aromatic carbocycles. The normalized spacial score (nSPS) is 15.0. The number of hydrazone groups is 1. The van der Waals surface area contributed by atoms with Gasteiger partial charge in [-0.25, -0.2) is 8.42 Å². The highest BCUT2D eigenvalue weighted by Crippen LogP contribution is 2.30. The number of hydrogen-bond donors (Lipinski definition) is 1. The Bertz CT molecular complexity index is 1040. The van der Waals surface area contributed by atoms with Crippen LogP contribution in [0.3, 0.4) is 0 Å². The molecule has 2 aromatic rings. The molecule has 0 aromatic heterocycles. The number of nitrogens with one attached hydrogen (secondary N) is 1. The van der Waals surface area contributed by atoms with Gasteiger partial charge in [-0.05, 0) is 54.8 Å². The summed E-state index contributed by atoms with van der Waals surface area (Å²) in [6, 6.07) is 9.17. The summed E-state index contributed by atoms with van der Waals surface area (Å²) in [4.78, 5) is 10.6. The Labute approximate surface area is 171 Å². The zero-order valence-corrected chi connectivity index (χ0v) is 16.4. The summed E-state index contributed by atoms with van der Waals surface area (Å²) in [5.74, 6) is -0.0134. The minimum atomic E-state index is -3.79. The van der Waals surface area contributed by atoms with Gasteiger partial charge in [0.2, 0.25) is 10.0 Å². The monoisotopic (exact) mass is 440 g/mol. The molecule has 9 nitrogen and oxygen atoms in total. The van der Waals surface area contributed by atoms with Crippen LogP contribution in [0.5, 0.6) is 5.75 Å². The molecular weight excluding hydrogens is 422 g/mol. The van der Waals surface area contributed by atoms with E-state index in [0.29, 0.717) is 18.7 Å². The molecule has 0 spiro atoms. The molecule has 0 aliphatic carbocycles. The molecule has 1 aliphatic rings. The molecule has 1 fully saturated rings. The molecule has 12 heteroatoms. The summed E-state index contributed by atoms with van der Waals surface area (Å²) in [5.41, 5.74) is 2.61. The van der Waals surface area contributed by atoms with E-state index in [9.17, 15) is 27.3 Å². The SMILES string of the molecule is O=[N+]([O-])c1cc(S(=O)(=O)N2CCCC2)ccc1N/N=C\c1ccc(OC(F)F)cc1. The van der Waals surface area contributed by atoms with Crippen LogP contribution in [0.4, 0.5) is 20.2 Å². The Kier molecular flexibility index (Phi) is 6.57. The molecule has 1 N–H and O–H groups in total. The minimum absolute atomic E-state index is 0.00859. The van der Waals surface area contributed by atoms with E-state index >= 15 is 0 Å². The molecule has 0 saturated carbocycles. The van der Waals surface area contributed by atoms with Gasteiger partial charge >= 0.3 is 6.61 Å². The summed E-state index contributed by atoms with van der Waals surface area (Å²) >= 11 is 0. The predicted octanol–water partition coefficient (Wildman–Crippen LogP) is 3.43. The van der Waals surface area contributed by atoms with Crippen LogP contribution in [0.1, 0.15) is 18.4 Å². The van der Waals surface area contributed by atoms with Crippen LogP contribution < -0.4 is 10.2 Å². The summed E-state index contributed by atoms with van der Waals surface area (Å²) < 4.78 is 55.1. The van der Waals surface area contributed by atoms with Crippen molar-refractivity contribution in [3.8, 4) is 5.75 Å². The average Bonchev–Trinajstić information content (AvgIpc) is 3.24. The summed E-state index contributed by atoms with van der Waals surface area (Å²) in [6.45, 7) is -2.15. The fourth-order valence-corrected chi connectivity index (χ4v) is 4.44. The second-order valence-corrected chi connectivity index (χ2v) is 8.30. The van der Waals surface area contributed by atoms with Gasteiger partial charge in [0, 0.05) is 19.2 Å². The van der Waals surface area contributed by atoms with Crippen molar-refractivity contribution >= 4 is 27.6 Å². The Morgan fingerprint density at radius 2 is 1.83 bits per heavy atom. The first-order valence-corrected chi connectivity index (χ1v) is 10.3. The van der Waals surface area contributed by atoms with Crippen molar-refractivity contribution in [2.24, 2.45) is 5.10 Å². The van der Waals surface area contributed by atoms with E-state index in [1.165, 1.54) is 46.9 Å². The van der Waals surface area contributed by atoms with Gasteiger partial charge in [0.15, 0.2) is 0 Å². The van der Waals surface area contributed by atoms with Crippen LogP contribution in [0.15, 0.2) is 52.5 Å². The first kappa shape index (κ1) is 21.6. The number of rotatable bonds is 8. The predicted molar refractivity (Wildman–Crippen MR) is 105 cm³/mol. The molecule has 1 aliphatic heterocycles. The third kappa shape index (κ3) is 5.07. The van der Waals surface area contributed by atoms with E-state index in [-0.39, 0.29) is 16.3 Å². The smallest absolute Gasteiger partial charge is 0.387 e. The lowest BCUT2D eigenvalue weighted by atomic mass is 10.2.